The van der Waals surface area contributed by atoms with Gasteiger partial charge in [-0.15, -0.1) is 0 Å². The third-order valence-electron chi connectivity index (χ3n) is 5.23. The molecule has 7 nitrogen and oxygen atoms in total. The fraction of sp³-hybridized carbons (Fsp3) is 0.476. The van der Waals surface area contributed by atoms with E-state index in [1.165, 1.54) is 16.7 Å². The molecule has 1 aromatic carbocycles. The Kier molecular flexibility index (Phi) is 6.59. The van der Waals surface area contributed by atoms with Gasteiger partial charge in [-0.2, -0.15) is 0 Å². The van der Waals surface area contributed by atoms with Gasteiger partial charge in [0.05, 0.1) is 14.2 Å². The van der Waals surface area contributed by atoms with Gasteiger partial charge in [0.1, 0.15) is 18.5 Å². The van der Waals surface area contributed by atoms with E-state index in [4.69, 9.17) is 24.1 Å². The number of allylic oxidation sites excluding steroid dienone is 1. The smallest absolute Gasteiger partial charge is 0.248 e. The first kappa shape index (κ1) is 20.2. The quantitative estimate of drug-likeness (QED) is 0.694. The molecule has 0 aliphatic heterocycles. The molecule has 0 radical (unpaired) electrons. The Morgan fingerprint density at radius 3 is 2.71 bits per heavy atom. The number of benzene rings is 1. The van der Waals surface area contributed by atoms with E-state index in [9.17, 15) is 4.79 Å². The van der Waals surface area contributed by atoms with Gasteiger partial charge in [0, 0.05) is 13.0 Å². The van der Waals surface area contributed by atoms with Gasteiger partial charge in [-0.3, -0.25) is 4.79 Å². The summed E-state index contributed by atoms with van der Waals surface area (Å²) in [7, 11) is 4.96. The second-order valence-corrected chi connectivity index (χ2v) is 6.75. The van der Waals surface area contributed by atoms with Gasteiger partial charge in [0.2, 0.25) is 5.91 Å². The van der Waals surface area contributed by atoms with E-state index in [-0.39, 0.29) is 18.8 Å². The van der Waals surface area contributed by atoms with Crippen molar-refractivity contribution in [2.24, 2.45) is 0 Å². The van der Waals surface area contributed by atoms with E-state index in [1.54, 1.807) is 21.3 Å². The highest BCUT2D eigenvalue weighted by Crippen LogP contribution is 2.45. The zero-order valence-corrected chi connectivity index (χ0v) is 16.5. The fourth-order valence-corrected chi connectivity index (χ4v) is 3.96. The monoisotopic (exact) mass is 389 g/mol. The molecule has 0 bridgehead atoms. The number of aliphatic hydroxyl groups excluding tert-OH is 1. The van der Waals surface area contributed by atoms with Gasteiger partial charge in [-0.05, 0) is 48.6 Å². The number of hydrogen-bond donors (Lipinski definition) is 2. The molecular weight excluding hydrogens is 362 g/mol. The molecule has 2 aliphatic carbocycles. The molecule has 2 atom stereocenters. The maximum atomic E-state index is 11.1. The number of hydrogen-bond acceptors (Lipinski definition) is 6. The summed E-state index contributed by atoms with van der Waals surface area (Å²) in [6, 6.07) is 5.96. The largest absolute Gasteiger partial charge is 0.494 e. The van der Waals surface area contributed by atoms with Crippen molar-refractivity contribution in [3.05, 3.63) is 52.5 Å². The topological polar surface area (TPSA) is 86.3 Å². The first-order valence-corrected chi connectivity index (χ1v) is 9.31. The summed E-state index contributed by atoms with van der Waals surface area (Å²) in [5, 5.41) is 11.2. The Morgan fingerprint density at radius 1 is 1.21 bits per heavy atom. The minimum Gasteiger partial charge on any atom is -0.494 e. The van der Waals surface area contributed by atoms with Crippen molar-refractivity contribution >= 4 is 5.91 Å². The molecule has 0 aromatic heterocycles. The molecule has 0 heterocycles. The van der Waals surface area contributed by atoms with Gasteiger partial charge in [-0.1, -0.05) is 11.6 Å². The number of aryl methyl sites for hydroxylation is 1. The first-order chi connectivity index (χ1) is 13.6. The molecule has 2 unspecified atom stereocenters. The molecule has 0 fully saturated rings. The summed E-state index contributed by atoms with van der Waals surface area (Å²) in [6.07, 6.45) is 4.70. The van der Waals surface area contributed by atoms with E-state index in [0.29, 0.717) is 17.3 Å². The summed E-state index contributed by atoms with van der Waals surface area (Å²) in [4.78, 5) is 11.1. The van der Waals surface area contributed by atoms with Gasteiger partial charge >= 0.3 is 0 Å². The predicted molar refractivity (Wildman–Crippen MR) is 103 cm³/mol. The van der Waals surface area contributed by atoms with Crippen LogP contribution in [0.3, 0.4) is 0 Å². The van der Waals surface area contributed by atoms with E-state index in [0.717, 1.165) is 19.3 Å². The van der Waals surface area contributed by atoms with E-state index in [1.807, 2.05) is 12.1 Å². The number of ether oxygens (including phenoxy) is 4. The summed E-state index contributed by atoms with van der Waals surface area (Å²) in [5.74, 6) is 1.67. The molecule has 0 spiro atoms. The van der Waals surface area contributed by atoms with Crippen LogP contribution in [-0.2, 0) is 25.4 Å². The van der Waals surface area contributed by atoms with Crippen LogP contribution in [0.15, 0.2) is 41.4 Å². The van der Waals surface area contributed by atoms with Crippen LogP contribution >= 0.6 is 0 Å². The van der Waals surface area contributed by atoms with Gasteiger partial charge in [0.15, 0.2) is 18.2 Å². The van der Waals surface area contributed by atoms with Crippen molar-refractivity contribution in [3.63, 3.8) is 0 Å². The molecule has 0 saturated carbocycles. The molecule has 28 heavy (non-hydrogen) atoms. The van der Waals surface area contributed by atoms with Crippen molar-refractivity contribution in [2.75, 3.05) is 34.7 Å². The van der Waals surface area contributed by atoms with Crippen molar-refractivity contribution < 1.29 is 28.8 Å². The maximum absolute atomic E-state index is 11.1. The van der Waals surface area contributed by atoms with Crippen molar-refractivity contribution in [3.8, 4) is 5.75 Å². The number of fused-ring (bicyclic) bond motifs is 3. The fourth-order valence-electron chi connectivity index (χ4n) is 3.96. The standard InChI is InChI=1S/C21H27NO6/c1-25-17-10-14-6-4-5-13-9-15(28-12-22-18(24)11-23)7-8-16(13)19(14)21(27-3)20(17)26-2/h7-10,19,21,23H,4-6,11-12H2,1-3H3,(H,22,24). The summed E-state index contributed by atoms with van der Waals surface area (Å²) in [5.41, 5.74) is 3.65. The molecule has 7 heteroatoms. The molecule has 1 amide bonds. The number of rotatable bonds is 7. The number of carbonyl (C=O) groups is 1. The summed E-state index contributed by atoms with van der Waals surface area (Å²) < 4.78 is 22.6. The van der Waals surface area contributed by atoms with Crippen LogP contribution < -0.4 is 10.1 Å². The highest BCUT2D eigenvalue weighted by molar-refractivity contribution is 5.76. The number of amides is 1. The highest BCUT2D eigenvalue weighted by Gasteiger charge is 2.38. The Morgan fingerprint density at radius 2 is 2.04 bits per heavy atom. The van der Waals surface area contributed by atoms with Crippen LogP contribution in [0, 0.1) is 0 Å². The molecule has 3 rings (SSSR count). The Labute approximate surface area is 164 Å². The molecule has 2 N–H and O–H groups in total. The van der Waals surface area contributed by atoms with Crippen LogP contribution in [-0.4, -0.2) is 51.8 Å². The lowest BCUT2D eigenvalue weighted by Gasteiger charge is -2.33. The number of methoxy groups -OCH3 is 3. The zero-order chi connectivity index (χ0) is 20.1. The maximum Gasteiger partial charge on any atom is 0.248 e. The lowest BCUT2D eigenvalue weighted by molar-refractivity contribution is -0.124. The van der Waals surface area contributed by atoms with Gasteiger partial charge in [-0.25, -0.2) is 0 Å². The third-order valence-corrected chi connectivity index (χ3v) is 5.23. The second kappa shape index (κ2) is 9.12. The normalized spacial score (nSPS) is 21.1. The Balaban J connectivity index is 1.89. The molecular formula is C21H27NO6. The van der Waals surface area contributed by atoms with Crippen molar-refractivity contribution in [1.82, 2.24) is 5.32 Å². The molecule has 0 saturated heterocycles. The SMILES string of the molecule is COC1=C(OC)C(OC)C2C(=C1)CCCc1cc(OCNC(=O)CO)ccc12. The molecule has 2 aliphatic rings. The van der Waals surface area contributed by atoms with Crippen LogP contribution in [0.2, 0.25) is 0 Å². The Hall–Kier alpha value is -2.51. The third kappa shape index (κ3) is 4.00. The lowest BCUT2D eigenvalue weighted by atomic mass is 9.80. The minimum absolute atomic E-state index is 0.0151. The predicted octanol–water partition coefficient (Wildman–Crippen LogP) is 2.01. The number of nitrogens with one attached hydrogen (secondary N) is 1. The zero-order valence-electron chi connectivity index (χ0n) is 16.5. The highest BCUT2D eigenvalue weighted by atomic mass is 16.5. The number of carbonyl (C=O) groups excluding carboxylic acids is 1. The lowest BCUT2D eigenvalue weighted by Crippen LogP contribution is -2.30. The second-order valence-electron chi connectivity index (χ2n) is 6.75. The van der Waals surface area contributed by atoms with E-state index in [2.05, 4.69) is 17.5 Å². The molecule has 152 valence electrons. The summed E-state index contributed by atoms with van der Waals surface area (Å²) >= 11 is 0. The van der Waals surface area contributed by atoms with Crippen LogP contribution in [0.1, 0.15) is 29.9 Å². The van der Waals surface area contributed by atoms with E-state index >= 15 is 0 Å². The van der Waals surface area contributed by atoms with Crippen LogP contribution in [0.25, 0.3) is 0 Å². The van der Waals surface area contributed by atoms with Gasteiger partial charge in [0.25, 0.3) is 0 Å². The first-order valence-electron chi connectivity index (χ1n) is 9.31. The van der Waals surface area contributed by atoms with Crippen molar-refractivity contribution in [1.29, 1.82) is 0 Å². The average molecular weight is 389 g/mol. The van der Waals surface area contributed by atoms with Crippen LogP contribution in [0.4, 0.5) is 0 Å². The van der Waals surface area contributed by atoms with Crippen LogP contribution in [0.5, 0.6) is 5.75 Å². The van der Waals surface area contributed by atoms with E-state index < -0.39 is 12.5 Å². The van der Waals surface area contributed by atoms with Gasteiger partial charge < -0.3 is 29.4 Å². The minimum atomic E-state index is -0.554. The average Bonchev–Trinajstić information content (AvgIpc) is 2.90. The van der Waals surface area contributed by atoms with Crippen molar-refractivity contribution in [2.45, 2.75) is 31.3 Å². The Bertz CT molecular complexity index is 785. The number of aliphatic hydroxyl groups is 1. The summed E-state index contributed by atoms with van der Waals surface area (Å²) in [6.45, 7) is -0.539. The molecule has 1 aromatic rings.